The number of hydrogen-bond donors (Lipinski definition) is 2. The van der Waals surface area contributed by atoms with Crippen LogP contribution in [0.25, 0.3) is 11.3 Å². The van der Waals surface area contributed by atoms with Crippen LogP contribution < -0.4 is 5.32 Å². The summed E-state index contributed by atoms with van der Waals surface area (Å²) >= 11 is 0. The zero-order valence-corrected chi connectivity index (χ0v) is 20.8. The van der Waals surface area contributed by atoms with Gasteiger partial charge in [0.15, 0.2) is 15.8 Å². The molecule has 0 atom stereocenters. The third-order valence-electron chi connectivity index (χ3n) is 4.65. The standard InChI is InChI=1S/C22H27N5O2S.HI/c1-23-22(24-14-9-15-30(28,29)19-12-7-4-8-13-19)27(2)17-21-25-16-20(26-21)18-10-5-3-6-11-18;/h3-8,10-13,16H,9,14-15,17H2,1-2H3,(H,23,24)(H,25,26);1H. The summed E-state index contributed by atoms with van der Waals surface area (Å²) in [6.07, 6.45) is 2.31. The average molecular weight is 553 g/mol. The first-order valence-corrected chi connectivity index (χ1v) is 11.4. The fourth-order valence-electron chi connectivity index (χ4n) is 3.10. The van der Waals surface area contributed by atoms with Crippen LogP contribution >= 0.6 is 24.0 Å². The van der Waals surface area contributed by atoms with E-state index >= 15 is 0 Å². The van der Waals surface area contributed by atoms with Crippen molar-refractivity contribution >= 4 is 39.8 Å². The minimum Gasteiger partial charge on any atom is -0.356 e. The maximum absolute atomic E-state index is 12.4. The minimum absolute atomic E-state index is 0. The number of aliphatic imine (C=N–C) groups is 1. The van der Waals surface area contributed by atoms with Crippen molar-refractivity contribution in [1.29, 1.82) is 0 Å². The summed E-state index contributed by atoms with van der Waals surface area (Å²) in [6.45, 7) is 1.06. The Morgan fingerprint density at radius 1 is 1.10 bits per heavy atom. The summed E-state index contributed by atoms with van der Waals surface area (Å²) in [4.78, 5) is 14.4. The average Bonchev–Trinajstić information content (AvgIpc) is 3.23. The molecule has 1 heterocycles. The topological polar surface area (TPSA) is 90.4 Å². The zero-order valence-electron chi connectivity index (χ0n) is 17.7. The molecule has 0 radical (unpaired) electrons. The van der Waals surface area contributed by atoms with E-state index in [-0.39, 0.29) is 29.7 Å². The van der Waals surface area contributed by atoms with Crippen LogP contribution in [-0.2, 0) is 16.4 Å². The van der Waals surface area contributed by atoms with Gasteiger partial charge in [-0.1, -0.05) is 48.5 Å². The lowest BCUT2D eigenvalue weighted by atomic mass is 10.2. The Morgan fingerprint density at radius 2 is 1.74 bits per heavy atom. The van der Waals surface area contributed by atoms with Crippen LogP contribution in [0.15, 0.2) is 76.7 Å². The fraction of sp³-hybridized carbons (Fsp3) is 0.273. The van der Waals surface area contributed by atoms with Crippen LogP contribution in [0.3, 0.4) is 0 Å². The third-order valence-corrected chi connectivity index (χ3v) is 6.47. The predicted molar refractivity (Wildman–Crippen MR) is 135 cm³/mol. The normalized spacial score (nSPS) is 11.6. The van der Waals surface area contributed by atoms with Gasteiger partial charge in [0.25, 0.3) is 0 Å². The van der Waals surface area contributed by atoms with Crippen LogP contribution in [-0.4, -0.2) is 55.6 Å². The molecule has 3 rings (SSSR count). The van der Waals surface area contributed by atoms with E-state index < -0.39 is 9.84 Å². The van der Waals surface area contributed by atoms with Crippen LogP contribution in [0.5, 0.6) is 0 Å². The number of halogens is 1. The van der Waals surface area contributed by atoms with Crippen LogP contribution in [0, 0.1) is 0 Å². The van der Waals surface area contributed by atoms with Gasteiger partial charge < -0.3 is 15.2 Å². The van der Waals surface area contributed by atoms with E-state index in [0.29, 0.717) is 30.4 Å². The Bertz CT molecular complexity index is 1070. The molecule has 0 fully saturated rings. The highest BCUT2D eigenvalue weighted by atomic mass is 127. The quantitative estimate of drug-likeness (QED) is 0.193. The molecule has 31 heavy (non-hydrogen) atoms. The van der Waals surface area contributed by atoms with Crippen LogP contribution in [0.1, 0.15) is 12.2 Å². The number of imidazole rings is 1. The van der Waals surface area contributed by atoms with Gasteiger partial charge in [0, 0.05) is 20.6 Å². The van der Waals surface area contributed by atoms with Gasteiger partial charge in [-0.15, -0.1) is 24.0 Å². The molecule has 166 valence electrons. The fourth-order valence-corrected chi connectivity index (χ4v) is 4.43. The molecule has 2 N–H and O–H groups in total. The second kappa shape index (κ2) is 11.8. The predicted octanol–water partition coefficient (Wildman–Crippen LogP) is 3.57. The Balaban J connectivity index is 0.00000341. The van der Waals surface area contributed by atoms with Gasteiger partial charge in [0.1, 0.15) is 5.82 Å². The molecule has 2 aromatic carbocycles. The van der Waals surface area contributed by atoms with Gasteiger partial charge in [-0.3, -0.25) is 4.99 Å². The molecule has 0 unspecified atom stereocenters. The molecule has 7 nitrogen and oxygen atoms in total. The first kappa shape index (κ1) is 24.9. The second-order valence-corrected chi connectivity index (χ2v) is 9.03. The van der Waals surface area contributed by atoms with Crippen LogP contribution in [0.2, 0.25) is 0 Å². The number of aromatic nitrogens is 2. The van der Waals surface area contributed by atoms with E-state index in [4.69, 9.17) is 0 Å². The molecule has 0 spiro atoms. The van der Waals surface area contributed by atoms with Crippen molar-refractivity contribution in [2.45, 2.75) is 17.9 Å². The smallest absolute Gasteiger partial charge is 0.193 e. The number of guanidine groups is 1. The zero-order chi connectivity index (χ0) is 21.4. The summed E-state index contributed by atoms with van der Waals surface area (Å²) in [7, 11) is 0.357. The third kappa shape index (κ3) is 7.06. The molecule has 0 saturated carbocycles. The molecule has 9 heteroatoms. The highest BCUT2D eigenvalue weighted by Crippen LogP contribution is 2.16. The van der Waals surface area contributed by atoms with E-state index in [9.17, 15) is 8.42 Å². The van der Waals surface area contributed by atoms with E-state index in [0.717, 1.165) is 17.1 Å². The summed E-state index contributed by atoms with van der Waals surface area (Å²) in [6, 6.07) is 18.6. The Kier molecular flexibility index (Phi) is 9.50. The molecule has 0 amide bonds. The van der Waals surface area contributed by atoms with Crippen molar-refractivity contribution in [1.82, 2.24) is 20.2 Å². The number of benzene rings is 2. The SMILES string of the molecule is CN=C(NCCCS(=O)(=O)c1ccccc1)N(C)Cc1ncc(-c2ccccc2)[nH]1.I. The van der Waals surface area contributed by atoms with Crippen molar-refractivity contribution in [3.63, 3.8) is 0 Å². The van der Waals surface area contributed by atoms with E-state index in [1.807, 2.05) is 54.5 Å². The lowest BCUT2D eigenvalue weighted by molar-refractivity contribution is 0.464. The molecule has 0 aliphatic rings. The van der Waals surface area contributed by atoms with Gasteiger partial charge in [0.2, 0.25) is 0 Å². The van der Waals surface area contributed by atoms with Crippen molar-refractivity contribution in [2.24, 2.45) is 4.99 Å². The molecule has 1 aromatic heterocycles. The number of hydrogen-bond acceptors (Lipinski definition) is 4. The lowest BCUT2D eigenvalue weighted by Crippen LogP contribution is -2.39. The van der Waals surface area contributed by atoms with Gasteiger partial charge in [0.05, 0.1) is 29.1 Å². The summed E-state index contributed by atoms with van der Waals surface area (Å²) < 4.78 is 24.7. The maximum atomic E-state index is 12.4. The van der Waals surface area contributed by atoms with E-state index in [2.05, 4.69) is 20.3 Å². The van der Waals surface area contributed by atoms with Crippen molar-refractivity contribution in [3.8, 4) is 11.3 Å². The molecular weight excluding hydrogens is 525 g/mol. The molecule has 3 aromatic rings. The first-order valence-electron chi connectivity index (χ1n) is 9.78. The number of sulfone groups is 1. The molecule has 0 bridgehead atoms. The maximum Gasteiger partial charge on any atom is 0.193 e. The Hall–Kier alpha value is -2.40. The molecular formula is C22H28IN5O2S. The van der Waals surface area contributed by atoms with Crippen LogP contribution in [0.4, 0.5) is 0 Å². The second-order valence-electron chi connectivity index (χ2n) is 6.93. The first-order chi connectivity index (χ1) is 14.5. The summed E-state index contributed by atoms with van der Waals surface area (Å²) in [5.41, 5.74) is 2.05. The number of nitrogens with one attached hydrogen (secondary N) is 2. The number of nitrogens with zero attached hydrogens (tertiary/aromatic N) is 3. The number of aromatic amines is 1. The molecule has 0 aliphatic heterocycles. The van der Waals surface area contributed by atoms with Gasteiger partial charge >= 0.3 is 0 Å². The Labute approximate surface area is 201 Å². The number of H-pyrrole nitrogens is 1. The van der Waals surface area contributed by atoms with Crippen molar-refractivity contribution in [2.75, 3.05) is 26.4 Å². The largest absolute Gasteiger partial charge is 0.356 e. The summed E-state index contributed by atoms with van der Waals surface area (Å²) in [5.74, 6) is 1.60. The number of rotatable bonds is 8. The Morgan fingerprint density at radius 3 is 2.39 bits per heavy atom. The highest BCUT2D eigenvalue weighted by Gasteiger charge is 2.14. The monoisotopic (exact) mass is 553 g/mol. The van der Waals surface area contributed by atoms with E-state index in [1.165, 1.54) is 0 Å². The lowest BCUT2D eigenvalue weighted by Gasteiger charge is -2.21. The highest BCUT2D eigenvalue weighted by molar-refractivity contribution is 14.0. The van der Waals surface area contributed by atoms with E-state index in [1.54, 1.807) is 31.3 Å². The molecule has 0 saturated heterocycles. The van der Waals surface area contributed by atoms with Crippen molar-refractivity contribution < 1.29 is 8.42 Å². The van der Waals surface area contributed by atoms with Crippen molar-refractivity contribution in [3.05, 3.63) is 72.7 Å². The summed E-state index contributed by atoms with van der Waals surface area (Å²) in [5, 5.41) is 3.22. The van der Waals surface area contributed by atoms with Gasteiger partial charge in [-0.05, 0) is 24.1 Å². The minimum atomic E-state index is -3.27. The molecule has 0 aliphatic carbocycles. The van der Waals surface area contributed by atoms with Gasteiger partial charge in [-0.2, -0.15) is 0 Å². The van der Waals surface area contributed by atoms with Gasteiger partial charge in [-0.25, -0.2) is 13.4 Å².